The van der Waals surface area contributed by atoms with E-state index in [-0.39, 0.29) is 5.04 Å². The highest BCUT2D eigenvalue weighted by atomic mass is 28.1. The first-order chi connectivity index (χ1) is 8.27. The summed E-state index contributed by atoms with van der Waals surface area (Å²) in [4.78, 5) is 0. The fraction of sp³-hybridized carbons (Fsp3) is 0.250. The first-order valence-corrected chi connectivity index (χ1v) is 6.94. The van der Waals surface area contributed by atoms with Gasteiger partial charge in [0.1, 0.15) is 0 Å². The summed E-state index contributed by atoms with van der Waals surface area (Å²) in [6, 6.07) is 21.7. The van der Waals surface area contributed by atoms with Gasteiger partial charge in [-0.1, -0.05) is 74.0 Å². The monoisotopic (exact) mass is 239 g/mol. The summed E-state index contributed by atoms with van der Waals surface area (Å²) in [6.07, 6.45) is 2.40. The molecule has 87 valence electrons. The molecule has 2 aromatic rings. The second-order valence-corrected chi connectivity index (χ2v) is 5.77. The average Bonchev–Trinajstić information content (AvgIpc) is 2.41. The van der Waals surface area contributed by atoms with Crippen molar-refractivity contribution in [3.63, 3.8) is 0 Å². The fourth-order valence-corrected chi connectivity index (χ4v) is 3.22. The molecule has 2 aromatic carbocycles. The Labute approximate surface area is 107 Å². The Morgan fingerprint density at radius 3 is 1.59 bits per heavy atom. The van der Waals surface area contributed by atoms with Gasteiger partial charge in [0.2, 0.25) is 0 Å². The molecule has 1 heteroatoms. The van der Waals surface area contributed by atoms with Crippen molar-refractivity contribution >= 4 is 10.2 Å². The molecular weight excluding hydrogens is 220 g/mol. The van der Waals surface area contributed by atoms with Crippen molar-refractivity contribution in [3.05, 3.63) is 71.8 Å². The minimum Gasteiger partial charge on any atom is -0.0654 e. The van der Waals surface area contributed by atoms with E-state index < -0.39 is 0 Å². The molecule has 0 unspecified atom stereocenters. The summed E-state index contributed by atoms with van der Waals surface area (Å²) in [7, 11) is 2.11. The standard InChI is InChI=1S/C16H19Si/c1-2-13-16(17,14-9-5-3-6-10-14)15-11-7-4-8-12-15/h3-12H,2,13,17H2,1H3. The van der Waals surface area contributed by atoms with Gasteiger partial charge in [-0.15, -0.1) is 0 Å². The van der Waals surface area contributed by atoms with Gasteiger partial charge in [-0.3, -0.25) is 0 Å². The molecule has 0 atom stereocenters. The van der Waals surface area contributed by atoms with Crippen LogP contribution in [0.25, 0.3) is 0 Å². The van der Waals surface area contributed by atoms with E-state index in [1.807, 2.05) is 0 Å². The van der Waals surface area contributed by atoms with Gasteiger partial charge in [0.05, 0.1) is 0 Å². The third-order valence-electron chi connectivity index (χ3n) is 3.33. The summed E-state index contributed by atoms with van der Waals surface area (Å²) < 4.78 is 0. The maximum Gasteiger partial charge on any atom is 0.0280 e. The molecule has 0 spiro atoms. The Bertz CT molecular complexity index is 408. The van der Waals surface area contributed by atoms with Crippen molar-refractivity contribution in [2.75, 3.05) is 0 Å². The number of hydrogen-bond donors (Lipinski definition) is 0. The smallest absolute Gasteiger partial charge is 0.0280 e. The summed E-state index contributed by atoms with van der Waals surface area (Å²) in [5.74, 6) is 0. The number of hydrogen-bond acceptors (Lipinski definition) is 0. The third kappa shape index (κ3) is 2.50. The van der Waals surface area contributed by atoms with Crippen molar-refractivity contribution in [2.45, 2.75) is 24.8 Å². The summed E-state index contributed by atoms with van der Waals surface area (Å²) in [5.41, 5.74) is 2.85. The van der Waals surface area contributed by atoms with Crippen LogP contribution in [-0.2, 0) is 5.04 Å². The van der Waals surface area contributed by atoms with E-state index in [0.717, 1.165) is 0 Å². The fourth-order valence-electron chi connectivity index (χ4n) is 2.40. The van der Waals surface area contributed by atoms with Crippen molar-refractivity contribution in [1.29, 1.82) is 0 Å². The van der Waals surface area contributed by atoms with E-state index in [1.165, 1.54) is 24.0 Å². The van der Waals surface area contributed by atoms with Crippen LogP contribution in [0.2, 0.25) is 0 Å². The average molecular weight is 239 g/mol. The molecule has 1 radical (unpaired) electrons. The maximum absolute atomic E-state index is 2.26. The Morgan fingerprint density at radius 2 is 1.24 bits per heavy atom. The molecule has 0 saturated carbocycles. The topological polar surface area (TPSA) is 0 Å². The predicted molar refractivity (Wildman–Crippen MR) is 77.1 cm³/mol. The molecule has 0 nitrogen and oxygen atoms in total. The Kier molecular flexibility index (Phi) is 3.80. The molecule has 0 aromatic heterocycles. The van der Waals surface area contributed by atoms with E-state index in [1.54, 1.807) is 0 Å². The molecule has 2 rings (SSSR count). The van der Waals surface area contributed by atoms with Crippen LogP contribution in [0.5, 0.6) is 0 Å². The zero-order valence-electron chi connectivity index (χ0n) is 10.4. The van der Waals surface area contributed by atoms with Crippen molar-refractivity contribution in [1.82, 2.24) is 0 Å². The van der Waals surface area contributed by atoms with Crippen LogP contribution in [0.4, 0.5) is 0 Å². The second kappa shape index (κ2) is 5.33. The van der Waals surface area contributed by atoms with Crippen LogP contribution in [0, 0.1) is 0 Å². The van der Waals surface area contributed by atoms with Crippen LogP contribution >= 0.6 is 0 Å². The molecule has 17 heavy (non-hydrogen) atoms. The predicted octanol–water partition coefficient (Wildman–Crippen LogP) is 3.36. The summed E-state index contributed by atoms with van der Waals surface area (Å²) >= 11 is 0. The SMILES string of the molecule is CCCC([SiH2])(c1ccccc1)c1ccccc1. The van der Waals surface area contributed by atoms with Crippen LogP contribution in [0.15, 0.2) is 60.7 Å². The molecule has 0 aliphatic rings. The second-order valence-electron chi connectivity index (χ2n) is 4.56. The third-order valence-corrected chi connectivity index (χ3v) is 4.50. The molecular formula is C16H19Si. The Morgan fingerprint density at radius 1 is 0.824 bits per heavy atom. The lowest BCUT2D eigenvalue weighted by Crippen LogP contribution is -2.27. The van der Waals surface area contributed by atoms with Crippen molar-refractivity contribution in [2.24, 2.45) is 0 Å². The van der Waals surface area contributed by atoms with E-state index in [9.17, 15) is 0 Å². The minimum atomic E-state index is 0.164. The van der Waals surface area contributed by atoms with E-state index in [0.29, 0.717) is 0 Å². The highest BCUT2D eigenvalue weighted by molar-refractivity contribution is 6.18. The molecule has 0 aliphatic carbocycles. The summed E-state index contributed by atoms with van der Waals surface area (Å²) in [5, 5.41) is 0.164. The van der Waals surface area contributed by atoms with Gasteiger partial charge in [0, 0.05) is 15.3 Å². The van der Waals surface area contributed by atoms with Gasteiger partial charge in [0.15, 0.2) is 0 Å². The van der Waals surface area contributed by atoms with Crippen molar-refractivity contribution < 1.29 is 0 Å². The lowest BCUT2D eigenvalue weighted by Gasteiger charge is -2.30. The highest BCUT2D eigenvalue weighted by Gasteiger charge is 2.27. The first kappa shape index (κ1) is 12.1. The highest BCUT2D eigenvalue weighted by Crippen LogP contribution is 2.33. The quantitative estimate of drug-likeness (QED) is 0.718. The largest absolute Gasteiger partial charge is 0.0654 e. The maximum atomic E-state index is 2.26. The normalized spacial score (nSPS) is 11.4. The minimum absolute atomic E-state index is 0.164. The Hall–Kier alpha value is -1.34. The van der Waals surface area contributed by atoms with Crippen LogP contribution in [0.3, 0.4) is 0 Å². The van der Waals surface area contributed by atoms with Gasteiger partial charge >= 0.3 is 0 Å². The number of rotatable bonds is 4. The Balaban J connectivity index is 2.47. The zero-order chi connectivity index (χ0) is 12.1. The first-order valence-electron chi connectivity index (χ1n) is 6.24. The lowest BCUT2D eigenvalue weighted by atomic mass is 9.86. The lowest BCUT2D eigenvalue weighted by molar-refractivity contribution is 0.633. The van der Waals surface area contributed by atoms with Gasteiger partial charge in [0.25, 0.3) is 0 Å². The molecule has 0 bridgehead atoms. The molecule has 0 N–H and O–H groups in total. The summed E-state index contributed by atoms with van der Waals surface area (Å²) in [6.45, 7) is 2.26. The molecule has 0 saturated heterocycles. The van der Waals surface area contributed by atoms with Gasteiger partial charge < -0.3 is 0 Å². The van der Waals surface area contributed by atoms with E-state index in [4.69, 9.17) is 0 Å². The molecule has 0 aliphatic heterocycles. The van der Waals surface area contributed by atoms with Gasteiger partial charge in [-0.25, -0.2) is 0 Å². The van der Waals surface area contributed by atoms with Crippen molar-refractivity contribution in [3.8, 4) is 0 Å². The van der Waals surface area contributed by atoms with Crippen LogP contribution in [0.1, 0.15) is 30.9 Å². The zero-order valence-corrected chi connectivity index (χ0v) is 11.8. The number of benzene rings is 2. The molecule has 0 fully saturated rings. The van der Waals surface area contributed by atoms with Crippen LogP contribution in [-0.4, -0.2) is 10.2 Å². The van der Waals surface area contributed by atoms with E-state index >= 15 is 0 Å². The van der Waals surface area contributed by atoms with E-state index in [2.05, 4.69) is 77.8 Å². The van der Waals surface area contributed by atoms with Crippen LogP contribution < -0.4 is 0 Å². The van der Waals surface area contributed by atoms with Gasteiger partial charge in [-0.05, 0) is 17.5 Å². The molecule has 0 amide bonds. The van der Waals surface area contributed by atoms with Gasteiger partial charge in [-0.2, -0.15) is 0 Å². The molecule has 0 heterocycles.